The first kappa shape index (κ1) is 15.4. The fourth-order valence-electron chi connectivity index (χ4n) is 2.66. The molecule has 1 N–H and O–H groups in total. The van der Waals surface area contributed by atoms with Crippen LogP contribution < -0.4 is 4.90 Å². The van der Waals surface area contributed by atoms with Crippen LogP contribution in [-0.4, -0.2) is 48.1 Å². The number of aryl methyl sites for hydroxylation is 1. The standard InChI is InChI=1S/C16H22N2O3/c1-13-5-2-3-6-14(13)17-9-11-18(12-10-17)15(19)7-4-8-16(20)21/h2-3,5-6H,4,7-12H2,1H3,(H,20,21). The molecule has 0 aromatic heterocycles. The number of para-hydroxylation sites is 1. The summed E-state index contributed by atoms with van der Waals surface area (Å²) < 4.78 is 0. The predicted molar refractivity (Wildman–Crippen MR) is 81.5 cm³/mol. The van der Waals surface area contributed by atoms with Crippen molar-refractivity contribution in [3.63, 3.8) is 0 Å². The molecule has 1 aromatic carbocycles. The summed E-state index contributed by atoms with van der Waals surface area (Å²) in [6, 6.07) is 8.27. The first-order valence-corrected chi connectivity index (χ1v) is 7.38. The second-order valence-corrected chi connectivity index (χ2v) is 5.40. The number of nitrogens with zero attached hydrogens (tertiary/aromatic N) is 2. The van der Waals surface area contributed by atoms with Gasteiger partial charge in [0, 0.05) is 44.7 Å². The van der Waals surface area contributed by atoms with Gasteiger partial charge in [-0.25, -0.2) is 0 Å². The molecule has 1 amide bonds. The molecule has 114 valence electrons. The third kappa shape index (κ3) is 4.21. The molecule has 0 unspecified atom stereocenters. The van der Waals surface area contributed by atoms with E-state index >= 15 is 0 Å². The Labute approximate surface area is 125 Å². The van der Waals surface area contributed by atoms with Crippen molar-refractivity contribution in [3.05, 3.63) is 29.8 Å². The fraction of sp³-hybridized carbons (Fsp3) is 0.500. The van der Waals surface area contributed by atoms with Crippen LogP contribution in [0.25, 0.3) is 0 Å². The van der Waals surface area contributed by atoms with E-state index in [1.807, 2.05) is 17.0 Å². The maximum absolute atomic E-state index is 12.0. The second kappa shape index (κ2) is 7.11. The number of carboxylic acids is 1. The first-order valence-electron chi connectivity index (χ1n) is 7.38. The molecule has 1 aliphatic heterocycles. The Balaban J connectivity index is 1.82. The molecule has 1 saturated heterocycles. The maximum atomic E-state index is 12.0. The van der Waals surface area contributed by atoms with Crippen LogP contribution in [0.3, 0.4) is 0 Å². The van der Waals surface area contributed by atoms with Gasteiger partial charge in [0.05, 0.1) is 0 Å². The summed E-state index contributed by atoms with van der Waals surface area (Å²) in [5, 5.41) is 8.59. The van der Waals surface area contributed by atoms with E-state index in [-0.39, 0.29) is 12.3 Å². The molecule has 0 saturated carbocycles. The lowest BCUT2D eigenvalue weighted by atomic mass is 10.1. The smallest absolute Gasteiger partial charge is 0.303 e. The van der Waals surface area contributed by atoms with Crippen molar-refractivity contribution in [2.24, 2.45) is 0 Å². The number of amides is 1. The summed E-state index contributed by atoms with van der Waals surface area (Å²) in [4.78, 5) is 26.6. The van der Waals surface area contributed by atoms with E-state index in [1.54, 1.807) is 0 Å². The van der Waals surface area contributed by atoms with Crippen LogP contribution >= 0.6 is 0 Å². The molecule has 0 bridgehead atoms. The average molecular weight is 290 g/mol. The van der Waals surface area contributed by atoms with Gasteiger partial charge in [0.2, 0.25) is 5.91 Å². The number of carbonyl (C=O) groups excluding carboxylic acids is 1. The van der Waals surface area contributed by atoms with Gasteiger partial charge in [0.25, 0.3) is 0 Å². The number of benzene rings is 1. The van der Waals surface area contributed by atoms with E-state index in [9.17, 15) is 9.59 Å². The van der Waals surface area contributed by atoms with Crippen LogP contribution in [0.5, 0.6) is 0 Å². The summed E-state index contributed by atoms with van der Waals surface area (Å²) >= 11 is 0. The first-order chi connectivity index (χ1) is 10.1. The van der Waals surface area contributed by atoms with E-state index in [0.29, 0.717) is 25.9 Å². The zero-order chi connectivity index (χ0) is 15.2. The van der Waals surface area contributed by atoms with E-state index in [2.05, 4.69) is 24.0 Å². The van der Waals surface area contributed by atoms with Crippen LogP contribution in [0.4, 0.5) is 5.69 Å². The van der Waals surface area contributed by atoms with Gasteiger partial charge in [-0.1, -0.05) is 18.2 Å². The highest BCUT2D eigenvalue weighted by Gasteiger charge is 2.21. The zero-order valence-electron chi connectivity index (χ0n) is 12.4. The number of carboxylic acid groups (broad SMARTS) is 1. The van der Waals surface area contributed by atoms with Crippen molar-refractivity contribution in [2.75, 3.05) is 31.1 Å². The van der Waals surface area contributed by atoms with E-state index in [0.717, 1.165) is 13.1 Å². The quantitative estimate of drug-likeness (QED) is 0.899. The number of carbonyl (C=O) groups is 2. The Bertz CT molecular complexity index is 508. The van der Waals surface area contributed by atoms with Crippen LogP contribution in [0.1, 0.15) is 24.8 Å². The zero-order valence-corrected chi connectivity index (χ0v) is 12.4. The average Bonchev–Trinajstić information content (AvgIpc) is 2.47. The molecule has 2 rings (SSSR count). The van der Waals surface area contributed by atoms with Crippen molar-refractivity contribution >= 4 is 17.6 Å². The van der Waals surface area contributed by atoms with Crippen molar-refractivity contribution in [1.82, 2.24) is 4.90 Å². The molecule has 21 heavy (non-hydrogen) atoms. The Hall–Kier alpha value is -2.04. The minimum Gasteiger partial charge on any atom is -0.481 e. The number of hydrogen-bond donors (Lipinski definition) is 1. The molecule has 5 nitrogen and oxygen atoms in total. The highest BCUT2D eigenvalue weighted by molar-refractivity contribution is 5.77. The Morgan fingerprint density at radius 3 is 2.38 bits per heavy atom. The maximum Gasteiger partial charge on any atom is 0.303 e. The van der Waals surface area contributed by atoms with Gasteiger partial charge in [-0.2, -0.15) is 0 Å². The lowest BCUT2D eigenvalue weighted by Crippen LogP contribution is -2.49. The van der Waals surface area contributed by atoms with Crippen LogP contribution in [0, 0.1) is 6.92 Å². The minimum atomic E-state index is -0.841. The van der Waals surface area contributed by atoms with Gasteiger partial charge in [-0.05, 0) is 25.0 Å². The number of rotatable bonds is 5. The summed E-state index contributed by atoms with van der Waals surface area (Å²) in [7, 11) is 0. The van der Waals surface area contributed by atoms with Gasteiger partial charge in [-0.15, -0.1) is 0 Å². The molecule has 1 fully saturated rings. The SMILES string of the molecule is Cc1ccccc1N1CCN(C(=O)CCCC(=O)O)CC1. The fourth-order valence-corrected chi connectivity index (χ4v) is 2.66. The Morgan fingerprint density at radius 2 is 1.76 bits per heavy atom. The summed E-state index contributed by atoms with van der Waals surface area (Å²) in [5.74, 6) is -0.771. The summed E-state index contributed by atoms with van der Waals surface area (Å²) in [6.45, 7) is 5.17. The lowest BCUT2D eigenvalue weighted by molar-refractivity contribution is -0.137. The predicted octanol–water partition coefficient (Wildman–Crippen LogP) is 1.90. The monoisotopic (exact) mass is 290 g/mol. The van der Waals surface area contributed by atoms with Gasteiger partial charge in [0.1, 0.15) is 0 Å². The number of hydrogen-bond acceptors (Lipinski definition) is 3. The van der Waals surface area contributed by atoms with Crippen LogP contribution in [0.15, 0.2) is 24.3 Å². The minimum absolute atomic E-state index is 0.0644. The highest BCUT2D eigenvalue weighted by atomic mass is 16.4. The third-order valence-corrected chi connectivity index (χ3v) is 3.87. The Morgan fingerprint density at radius 1 is 1.10 bits per heavy atom. The third-order valence-electron chi connectivity index (χ3n) is 3.87. The molecular formula is C16H22N2O3. The van der Waals surface area contributed by atoms with Crippen molar-refractivity contribution in [1.29, 1.82) is 0 Å². The second-order valence-electron chi connectivity index (χ2n) is 5.40. The highest BCUT2D eigenvalue weighted by Crippen LogP contribution is 2.21. The molecule has 5 heteroatoms. The molecular weight excluding hydrogens is 268 g/mol. The van der Waals surface area contributed by atoms with Crippen molar-refractivity contribution < 1.29 is 14.7 Å². The normalized spacial score (nSPS) is 15.1. The molecule has 0 aliphatic carbocycles. The Kier molecular flexibility index (Phi) is 5.20. The molecule has 0 atom stereocenters. The summed E-state index contributed by atoms with van der Waals surface area (Å²) in [5.41, 5.74) is 2.48. The number of piperazine rings is 1. The van der Waals surface area contributed by atoms with Crippen molar-refractivity contribution in [3.8, 4) is 0 Å². The lowest BCUT2D eigenvalue weighted by Gasteiger charge is -2.36. The molecule has 0 radical (unpaired) electrons. The van der Waals surface area contributed by atoms with Crippen LogP contribution in [-0.2, 0) is 9.59 Å². The van der Waals surface area contributed by atoms with Gasteiger partial charge in [0.15, 0.2) is 0 Å². The van der Waals surface area contributed by atoms with Gasteiger partial charge >= 0.3 is 5.97 Å². The molecule has 0 spiro atoms. The van der Waals surface area contributed by atoms with Gasteiger partial charge in [-0.3, -0.25) is 9.59 Å². The number of anilines is 1. The van der Waals surface area contributed by atoms with E-state index in [4.69, 9.17) is 5.11 Å². The topological polar surface area (TPSA) is 60.9 Å². The summed E-state index contributed by atoms with van der Waals surface area (Å²) in [6.07, 6.45) is 0.817. The molecule has 1 aliphatic rings. The van der Waals surface area contributed by atoms with E-state index < -0.39 is 5.97 Å². The molecule has 1 aromatic rings. The van der Waals surface area contributed by atoms with Crippen molar-refractivity contribution in [2.45, 2.75) is 26.2 Å². The molecule has 1 heterocycles. The number of aliphatic carboxylic acids is 1. The van der Waals surface area contributed by atoms with Gasteiger partial charge < -0.3 is 14.9 Å². The largest absolute Gasteiger partial charge is 0.481 e. The van der Waals surface area contributed by atoms with Crippen LogP contribution in [0.2, 0.25) is 0 Å². The van der Waals surface area contributed by atoms with E-state index in [1.165, 1.54) is 11.3 Å².